The smallest absolute Gasteiger partial charge is 0.328 e. The predicted octanol–water partition coefficient (Wildman–Crippen LogP) is 2.29. The molecular formula is C20H23IN2O4. The molecular weight excluding hydrogens is 459 g/mol. The third-order valence-corrected chi connectivity index (χ3v) is 5.19. The number of esters is 1. The summed E-state index contributed by atoms with van der Waals surface area (Å²) in [6.45, 7) is 0.683. The Kier molecular flexibility index (Phi) is 8.53. The number of ether oxygens (including phenoxy) is 2. The molecule has 2 rings (SSSR count). The number of hydrogen-bond donors (Lipinski definition) is 2. The monoisotopic (exact) mass is 482 g/mol. The molecule has 0 spiro atoms. The van der Waals surface area contributed by atoms with Crippen LogP contribution in [0.25, 0.3) is 0 Å². The summed E-state index contributed by atoms with van der Waals surface area (Å²) in [6, 6.07) is 14.6. The molecule has 0 radical (unpaired) electrons. The van der Waals surface area contributed by atoms with E-state index in [0.29, 0.717) is 13.0 Å². The van der Waals surface area contributed by atoms with E-state index in [0.717, 1.165) is 20.4 Å². The Morgan fingerprint density at radius 3 is 2.48 bits per heavy atom. The minimum absolute atomic E-state index is 0.109. The molecule has 0 saturated heterocycles. The van der Waals surface area contributed by atoms with Gasteiger partial charge in [0.15, 0.2) is 0 Å². The molecule has 0 bridgehead atoms. The molecule has 0 saturated carbocycles. The summed E-state index contributed by atoms with van der Waals surface area (Å²) in [5.74, 6) is -0.0168. The predicted molar refractivity (Wildman–Crippen MR) is 112 cm³/mol. The number of halogens is 1. The first-order valence-electron chi connectivity index (χ1n) is 8.48. The molecule has 1 amide bonds. The van der Waals surface area contributed by atoms with E-state index < -0.39 is 12.0 Å². The summed E-state index contributed by atoms with van der Waals surface area (Å²) in [4.78, 5) is 24.4. The summed E-state index contributed by atoms with van der Waals surface area (Å²) in [6.07, 6.45) is 0.326. The lowest BCUT2D eigenvalue weighted by Crippen LogP contribution is -2.46. The maximum Gasteiger partial charge on any atom is 0.328 e. The number of methoxy groups -OCH3 is 2. The second-order valence-electron chi connectivity index (χ2n) is 5.87. The van der Waals surface area contributed by atoms with E-state index in [-0.39, 0.29) is 12.5 Å². The van der Waals surface area contributed by atoms with Gasteiger partial charge >= 0.3 is 5.97 Å². The Bertz CT molecular complexity index is 768. The van der Waals surface area contributed by atoms with E-state index in [1.807, 2.05) is 48.5 Å². The van der Waals surface area contributed by atoms with Crippen LogP contribution >= 0.6 is 22.6 Å². The number of carbonyl (C=O) groups is 2. The zero-order valence-corrected chi connectivity index (χ0v) is 17.5. The Morgan fingerprint density at radius 1 is 1.07 bits per heavy atom. The molecule has 2 aromatic rings. The molecule has 2 aromatic carbocycles. The fourth-order valence-corrected chi connectivity index (χ4v) is 3.39. The molecule has 2 N–H and O–H groups in total. The minimum atomic E-state index is -0.762. The topological polar surface area (TPSA) is 76.7 Å². The highest BCUT2D eigenvalue weighted by molar-refractivity contribution is 14.1. The van der Waals surface area contributed by atoms with Crippen molar-refractivity contribution in [3.05, 3.63) is 63.2 Å². The minimum Gasteiger partial charge on any atom is -0.496 e. The van der Waals surface area contributed by atoms with Crippen molar-refractivity contribution in [2.24, 2.45) is 0 Å². The van der Waals surface area contributed by atoms with Crippen molar-refractivity contribution in [2.45, 2.75) is 19.0 Å². The molecule has 1 atom stereocenters. The SMILES string of the molecule is COC(=O)C(Cc1cccc(OC)c1I)NC(=O)CNCc1ccccc1. The normalized spacial score (nSPS) is 11.5. The molecule has 7 heteroatoms. The highest BCUT2D eigenvalue weighted by Gasteiger charge is 2.23. The van der Waals surface area contributed by atoms with Crippen LogP contribution in [0.15, 0.2) is 48.5 Å². The third kappa shape index (κ3) is 6.51. The van der Waals surface area contributed by atoms with Crippen molar-refractivity contribution >= 4 is 34.5 Å². The van der Waals surface area contributed by atoms with Crippen LogP contribution in [0.5, 0.6) is 5.75 Å². The summed E-state index contributed by atoms with van der Waals surface area (Å²) < 4.78 is 11.1. The van der Waals surface area contributed by atoms with Gasteiger partial charge in [0, 0.05) is 13.0 Å². The lowest BCUT2D eigenvalue weighted by Gasteiger charge is -2.18. The Hall–Kier alpha value is -2.13. The van der Waals surface area contributed by atoms with Gasteiger partial charge in [-0.05, 0) is 39.8 Å². The van der Waals surface area contributed by atoms with E-state index in [4.69, 9.17) is 9.47 Å². The molecule has 1 unspecified atom stereocenters. The second-order valence-corrected chi connectivity index (χ2v) is 6.95. The molecule has 144 valence electrons. The quantitative estimate of drug-likeness (QED) is 0.424. The second kappa shape index (κ2) is 10.9. The van der Waals surface area contributed by atoms with Gasteiger partial charge in [-0.3, -0.25) is 4.79 Å². The molecule has 0 heterocycles. The van der Waals surface area contributed by atoms with Gasteiger partial charge < -0.3 is 20.1 Å². The number of amides is 1. The van der Waals surface area contributed by atoms with Gasteiger partial charge in [-0.1, -0.05) is 42.5 Å². The zero-order chi connectivity index (χ0) is 19.6. The molecule has 0 fully saturated rings. The molecule has 0 aromatic heterocycles. The van der Waals surface area contributed by atoms with Crippen LogP contribution in [0.3, 0.4) is 0 Å². The van der Waals surface area contributed by atoms with E-state index in [1.165, 1.54) is 7.11 Å². The highest BCUT2D eigenvalue weighted by atomic mass is 127. The maximum absolute atomic E-state index is 12.3. The number of rotatable bonds is 9. The first-order chi connectivity index (χ1) is 13.0. The summed E-state index contributed by atoms with van der Waals surface area (Å²) >= 11 is 2.17. The van der Waals surface area contributed by atoms with Crippen molar-refractivity contribution in [1.82, 2.24) is 10.6 Å². The van der Waals surface area contributed by atoms with Gasteiger partial charge in [0.1, 0.15) is 11.8 Å². The van der Waals surface area contributed by atoms with Crippen LogP contribution < -0.4 is 15.4 Å². The fraction of sp³-hybridized carbons (Fsp3) is 0.300. The summed E-state index contributed by atoms with van der Waals surface area (Å²) in [5, 5.41) is 5.82. The Labute approximate surface area is 172 Å². The van der Waals surface area contributed by atoms with Crippen LogP contribution in [-0.2, 0) is 27.3 Å². The van der Waals surface area contributed by atoms with Gasteiger partial charge in [0.2, 0.25) is 5.91 Å². The summed E-state index contributed by atoms with van der Waals surface area (Å²) in [5.41, 5.74) is 1.99. The van der Waals surface area contributed by atoms with Gasteiger partial charge in [-0.25, -0.2) is 4.79 Å². The number of benzene rings is 2. The largest absolute Gasteiger partial charge is 0.496 e. The Morgan fingerprint density at radius 2 is 1.81 bits per heavy atom. The molecule has 6 nitrogen and oxygen atoms in total. The van der Waals surface area contributed by atoms with E-state index in [9.17, 15) is 9.59 Å². The van der Waals surface area contributed by atoms with Gasteiger partial charge in [-0.2, -0.15) is 0 Å². The van der Waals surface area contributed by atoms with Crippen molar-refractivity contribution in [1.29, 1.82) is 0 Å². The van der Waals surface area contributed by atoms with Crippen LogP contribution in [0.2, 0.25) is 0 Å². The van der Waals surface area contributed by atoms with E-state index in [2.05, 4.69) is 33.2 Å². The molecule has 0 aliphatic heterocycles. The van der Waals surface area contributed by atoms with Crippen molar-refractivity contribution in [3.8, 4) is 5.75 Å². The average Bonchev–Trinajstić information content (AvgIpc) is 2.69. The molecule has 0 aliphatic carbocycles. The third-order valence-electron chi connectivity index (χ3n) is 3.97. The first-order valence-corrected chi connectivity index (χ1v) is 9.56. The molecule has 0 aliphatic rings. The average molecular weight is 482 g/mol. The molecule has 27 heavy (non-hydrogen) atoms. The Balaban J connectivity index is 1.95. The fourth-order valence-electron chi connectivity index (χ4n) is 2.59. The summed E-state index contributed by atoms with van der Waals surface area (Å²) in [7, 11) is 2.91. The lowest BCUT2D eigenvalue weighted by atomic mass is 10.1. The van der Waals surface area contributed by atoms with Gasteiger partial charge in [0.05, 0.1) is 24.3 Å². The van der Waals surface area contributed by atoms with Crippen LogP contribution in [-0.4, -0.2) is 38.7 Å². The van der Waals surface area contributed by atoms with E-state index in [1.54, 1.807) is 7.11 Å². The first kappa shape index (κ1) is 21.2. The van der Waals surface area contributed by atoms with Crippen molar-refractivity contribution < 1.29 is 19.1 Å². The van der Waals surface area contributed by atoms with Gasteiger partial charge in [-0.15, -0.1) is 0 Å². The van der Waals surface area contributed by atoms with Crippen LogP contribution in [0, 0.1) is 3.57 Å². The standard InChI is InChI=1S/C20H23IN2O4/c1-26-17-10-6-9-15(19(17)21)11-16(20(25)27-2)23-18(24)13-22-12-14-7-4-3-5-8-14/h3-10,16,22H,11-13H2,1-2H3,(H,23,24). The zero-order valence-electron chi connectivity index (χ0n) is 15.3. The number of carbonyl (C=O) groups excluding carboxylic acids is 2. The van der Waals surface area contributed by atoms with Gasteiger partial charge in [0.25, 0.3) is 0 Å². The van der Waals surface area contributed by atoms with Crippen molar-refractivity contribution in [2.75, 3.05) is 20.8 Å². The van der Waals surface area contributed by atoms with Crippen LogP contribution in [0.4, 0.5) is 0 Å². The maximum atomic E-state index is 12.3. The number of nitrogens with one attached hydrogen (secondary N) is 2. The van der Waals surface area contributed by atoms with Crippen LogP contribution in [0.1, 0.15) is 11.1 Å². The van der Waals surface area contributed by atoms with E-state index >= 15 is 0 Å². The highest BCUT2D eigenvalue weighted by Crippen LogP contribution is 2.25. The van der Waals surface area contributed by atoms with Crippen molar-refractivity contribution in [3.63, 3.8) is 0 Å². The number of hydrogen-bond acceptors (Lipinski definition) is 5. The lowest BCUT2D eigenvalue weighted by molar-refractivity contribution is -0.144.